The molecule has 0 amide bonds. The fourth-order valence-corrected chi connectivity index (χ4v) is 4.04. The summed E-state index contributed by atoms with van der Waals surface area (Å²) in [6.07, 6.45) is 2.23. The Balaban J connectivity index is 1.54. The van der Waals surface area contributed by atoms with Crippen LogP contribution in [0, 0.1) is 17.6 Å². The largest absolute Gasteiger partial charge is 0.368 e. The van der Waals surface area contributed by atoms with E-state index in [4.69, 9.17) is 11.6 Å². The van der Waals surface area contributed by atoms with Gasteiger partial charge in [-0.2, -0.15) is 5.21 Å². The predicted molar refractivity (Wildman–Crippen MR) is 115 cm³/mol. The number of hydrogen-bond acceptors (Lipinski definition) is 6. The van der Waals surface area contributed by atoms with Crippen molar-refractivity contribution in [1.82, 2.24) is 30.5 Å². The van der Waals surface area contributed by atoms with Gasteiger partial charge in [0.25, 0.3) is 0 Å². The van der Waals surface area contributed by atoms with Gasteiger partial charge in [-0.05, 0) is 41.3 Å². The third kappa shape index (κ3) is 4.99. The van der Waals surface area contributed by atoms with Gasteiger partial charge in [-0.3, -0.25) is 9.88 Å². The van der Waals surface area contributed by atoms with Crippen LogP contribution in [-0.2, 0) is 13.0 Å². The van der Waals surface area contributed by atoms with Crippen LogP contribution in [-0.4, -0.2) is 56.7 Å². The lowest BCUT2D eigenvalue weighted by Crippen LogP contribution is -2.46. The van der Waals surface area contributed by atoms with Crippen molar-refractivity contribution in [2.75, 3.05) is 31.1 Å². The lowest BCUT2D eigenvalue weighted by Gasteiger charge is -2.37. The van der Waals surface area contributed by atoms with Crippen LogP contribution in [0.4, 0.5) is 14.5 Å². The lowest BCUT2D eigenvalue weighted by molar-refractivity contribution is 0.243. The van der Waals surface area contributed by atoms with Crippen molar-refractivity contribution in [3.8, 4) is 11.4 Å². The molecule has 1 aromatic carbocycles. The smallest absolute Gasteiger partial charge is 0.209 e. The Kier molecular flexibility index (Phi) is 6.43. The maximum Gasteiger partial charge on any atom is 0.209 e. The Bertz CT molecular complexity index is 1030. The van der Waals surface area contributed by atoms with Crippen LogP contribution < -0.4 is 4.90 Å². The lowest BCUT2D eigenvalue weighted by atomic mass is 9.98. The molecule has 7 nitrogen and oxygen atoms in total. The maximum atomic E-state index is 15.1. The highest BCUT2D eigenvalue weighted by atomic mass is 35.5. The molecule has 1 fully saturated rings. The molecule has 4 rings (SSSR count). The van der Waals surface area contributed by atoms with Gasteiger partial charge in [0.05, 0.1) is 22.0 Å². The van der Waals surface area contributed by atoms with Gasteiger partial charge >= 0.3 is 0 Å². The third-order valence-electron chi connectivity index (χ3n) is 5.31. The van der Waals surface area contributed by atoms with E-state index < -0.39 is 5.82 Å². The van der Waals surface area contributed by atoms with Crippen LogP contribution in [0.15, 0.2) is 24.4 Å². The van der Waals surface area contributed by atoms with Crippen LogP contribution in [0.2, 0.25) is 5.02 Å². The van der Waals surface area contributed by atoms with Crippen LogP contribution in [0.1, 0.15) is 25.1 Å². The first-order chi connectivity index (χ1) is 14.9. The van der Waals surface area contributed by atoms with E-state index in [2.05, 4.69) is 49.3 Å². The summed E-state index contributed by atoms with van der Waals surface area (Å²) in [4.78, 5) is 8.36. The molecule has 3 aromatic rings. The van der Waals surface area contributed by atoms with E-state index >= 15 is 4.39 Å². The Hall–Kier alpha value is -2.65. The van der Waals surface area contributed by atoms with Crippen molar-refractivity contribution in [2.45, 2.75) is 26.8 Å². The summed E-state index contributed by atoms with van der Waals surface area (Å²) in [5, 5.41) is 14.3. The third-order valence-corrected chi connectivity index (χ3v) is 5.52. The number of pyridine rings is 1. The number of H-pyrrole nitrogens is 1. The highest BCUT2D eigenvalue weighted by molar-refractivity contribution is 6.30. The first kappa shape index (κ1) is 21.6. The summed E-state index contributed by atoms with van der Waals surface area (Å²) in [5.41, 5.74) is 2.41. The molecule has 0 atom stereocenters. The molecule has 0 radical (unpaired) electrons. The average Bonchev–Trinajstić information content (AvgIpc) is 3.24. The second kappa shape index (κ2) is 9.23. The number of aromatic nitrogens is 5. The number of halogens is 3. The number of tetrazole rings is 1. The van der Waals surface area contributed by atoms with Gasteiger partial charge in [-0.1, -0.05) is 25.4 Å². The van der Waals surface area contributed by atoms with Crippen molar-refractivity contribution >= 4 is 17.3 Å². The fraction of sp³-hybridized carbons (Fsp3) is 0.429. The highest BCUT2D eigenvalue weighted by Crippen LogP contribution is 2.34. The van der Waals surface area contributed by atoms with Crippen molar-refractivity contribution in [3.05, 3.63) is 52.3 Å². The van der Waals surface area contributed by atoms with E-state index in [-0.39, 0.29) is 16.7 Å². The topological polar surface area (TPSA) is 73.8 Å². The number of nitrogens with one attached hydrogen (secondary N) is 1. The molecule has 1 aliphatic heterocycles. The first-order valence-corrected chi connectivity index (χ1v) is 10.6. The molecule has 0 bridgehead atoms. The van der Waals surface area contributed by atoms with Crippen LogP contribution >= 0.6 is 11.6 Å². The van der Waals surface area contributed by atoms with Crippen LogP contribution in [0.25, 0.3) is 11.4 Å². The van der Waals surface area contributed by atoms with Crippen molar-refractivity contribution < 1.29 is 8.78 Å². The van der Waals surface area contributed by atoms with Gasteiger partial charge in [0, 0.05) is 38.9 Å². The zero-order chi connectivity index (χ0) is 22.0. The second-order valence-electron chi connectivity index (χ2n) is 8.15. The van der Waals surface area contributed by atoms with E-state index in [0.717, 1.165) is 17.7 Å². The standard InChI is InChI=1S/C21H24ClF2N7/c1-13(2)7-14-8-17(24)20(21-26-28-29-27-21)19(9-14)31-5-3-30(4-6-31)12-18-16(23)10-15(22)11-25-18/h8-11,13H,3-7,12H2,1-2H3,(H,26,27,28,29). The summed E-state index contributed by atoms with van der Waals surface area (Å²) >= 11 is 5.79. The number of anilines is 1. The Labute approximate surface area is 184 Å². The molecule has 0 unspecified atom stereocenters. The van der Waals surface area contributed by atoms with E-state index in [0.29, 0.717) is 49.9 Å². The molecule has 10 heteroatoms. The van der Waals surface area contributed by atoms with E-state index in [9.17, 15) is 4.39 Å². The summed E-state index contributed by atoms with van der Waals surface area (Å²) in [6.45, 7) is 7.29. The minimum absolute atomic E-state index is 0.235. The molecular formula is C21H24ClF2N7. The summed E-state index contributed by atoms with van der Waals surface area (Å²) in [7, 11) is 0. The molecule has 0 aliphatic carbocycles. The summed E-state index contributed by atoms with van der Waals surface area (Å²) in [6, 6.07) is 4.85. The number of benzene rings is 1. The van der Waals surface area contributed by atoms with Crippen LogP contribution in [0.3, 0.4) is 0 Å². The van der Waals surface area contributed by atoms with Crippen molar-refractivity contribution in [2.24, 2.45) is 5.92 Å². The molecule has 1 N–H and O–H groups in total. The van der Waals surface area contributed by atoms with Crippen LogP contribution in [0.5, 0.6) is 0 Å². The van der Waals surface area contributed by atoms with Gasteiger partial charge in [-0.15, -0.1) is 10.2 Å². The van der Waals surface area contributed by atoms with Gasteiger partial charge in [0.15, 0.2) is 0 Å². The van der Waals surface area contributed by atoms with Crippen molar-refractivity contribution in [1.29, 1.82) is 0 Å². The van der Waals surface area contributed by atoms with E-state index in [1.54, 1.807) is 6.07 Å². The highest BCUT2D eigenvalue weighted by Gasteiger charge is 2.25. The number of hydrogen-bond donors (Lipinski definition) is 1. The number of aromatic amines is 1. The summed E-state index contributed by atoms with van der Waals surface area (Å²) in [5.74, 6) is -0.123. The number of nitrogens with zero attached hydrogens (tertiary/aromatic N) is 6. The van der Waals surface area contributed by atoms with Gasteiger partial charge < -0.3 is 4.90 Å². The number of piperazine rings is 1. The molecule has 3 heterocycles. The normalized spacial score (nSPS) is 15.1. The second-order valence-corrected chi connectivity index (χ2v) is 8.59. The average molecular weight is 448 g/mol. The quantitative estimate of drug-likeness (QED) is 0.621. The van der Waals surface area contributed by atoms with E-state index in [1.807, 2.05) is 6.07 Å². The summed E-state index contributed by atoms with van der Waals surface area (Å²) < 4.78 is 29.2. The molecule has 2 aromatic heterocycles. The zero-order valence-corrected chi connectivity index (χ0v) is 18.2. The molecule has 31 heavy (non-hydrogen) atoms. The minimum Gasteiger partial charge on any atom is -0.368 e. The molecule has 164 valence electrons. The predicted octanol–water partition coefficient (Wildman–Crippen LogP) is 3.71. The molecule has 0 saturated carbocycles. The Morgan fingerprint density at radius 3 is 2.52 bits per heavy atom. The zero-order valence-electron chi connectivity index (χ0n) is 17.4. The minimum atomic E-state index is -0.405. The number of rotatable bonds is 6. The van der Waals surface area contributed by atoms with Gasteiger partial charge in [-0.25, -0.2) is 8.78 Å². The molecule has 1 saturated heterocycles. The molecule has 1 aliphatic rings. The van der Waals surface area contributed by atoms with E-state index in [1.165, 1.54) is 12.3 Å². The molecule has 0 spiro atoms. The van der Waals surface area contributed by atoms with Gasteiger partial charge in [0.1, 0.15) is 11.6 Å². The maximum absolute atomic E-state index is 15.1. The Morgan fingerprint density at radius 1 is 1.10 bits per heavy atom. The SMILES string of the molecule is CC(C)Cc1cc(F)c(-c2nn[nH]n2)c(N2CCN(Cc3ncc(Cl)cc3F)CC2)c1. The fourth-order valence-electron chi connectivity index (χ4n) is 3.89. The molecular weight excluding hydrogens is 424 g/mol. The Morgan fingerprint density at radius 2 is 1.87 bits per heavy atom. The van der Waals surface area contributed by atoms with Gasteiger partial charge in [0.2, 0.25) is 5.82 Å². The van der Waals surface area contributed by atoms with Crippen molar-refractivity contribution in [3.63, 3.8) is 0 Å². The monoisotopic (exact) mass is 447 g/mol. The first-order valence-electron chi connectivity index (χ1n) is 10.2.